The lowest BCUT2D eigenvalue weighted by Gasteiger charge is -2.43. The molecule has 3 nitrogen and oxygen atoms in total. The monoisotopic (exact) mass is 261 g/mol. The van der Waals surface area contributed by atoms with Crippen LogP contribution in [0.5, 0.6) is 11.5 Å². The quantitative estimate of drug-likeness (QED) is 0.817. The van der Waals surface area contributed by atoms with Gasteiger partial charge in [-0.05, 0) is 56.8 Å². The predicted molar refractivity (Wildman–Crippen MR) is 76.3 cm³/mol. The van der Waals surface area contributed by atoms with Crippen molar-refractivity contribution in [1.29, 1.82) is 0 Å². The third kappa shape index (κ3) is 2.00. The fraction of sp³-hybridized carbons (Fsp3) is 0.625. The van der Waals surface area contributed by atoms with Crippen LogP contribution in [-0.4, -0.2) is 38.8 Å². The number of rotatable bonds is 2. The summed E-state index contributed by atoms with van der Waals surface area (Å²) < 4.78 is 11.0. The van der Waals surface area contributed by atoms with E-state index in [9.17, 15) is 0 Å². The summed E-state index contributed by atoms with van der Waals surface area (Å²) in [5, 5.41) is 0. The van der Waals surface area contributed by atoms with Crippen molar-refractivity contribution in [3.05, 3.63) is 23.3 Å². The first kappa shape index (κ1) is 12.8. The van der Waals surface area contributed by atoms with E-state index >= 15 is 0 Å². The molecule has 2 atom stereocenters. The fourth-order valence-electron chi connectivity index (χ4n) is 3.91. The summed E-state index contributed by atoms with van der Waals surface area (Å²) in [5.41, 5.74) is 2.86. The normalized spacial score (nSPS) is 26.5. The Morgan fingerprint density at radius 3 is 2.74 bits per heavy atom. The maximum atomic E-state index is 5.60. The third-order valence-electron chi connectivity index (χ3n) is 4.83. The largest absolute Gasteiger partial charge is 0.493 e. The van der Waals surface area contributed by atoms with Crippen LogP contribution in [0.4, 0.5) is 0 Å². The number of ether oxygens (including phenoxy) is 2. The van der Waals surface area contributed by atoms with E-state index in [4.69, 9.17) is 9.47 Å². The molecule has 1 fully saturated rings. The standard InChI is InChI=1S/C16H23NO2/c1-17-10-4-5-12-11-7-9-15(18-2)16(19-3)13(11)6-8-14(12)17/h7,9,12,14H,4-6,8,10H2,1-3H3/t12-,14+/m1/s1. The summed E-state index contributed by atoms with van der Waals surface area (Å²) in [6, 6.07) is 5.03. The number of nitrogens with zero attached hydrogens (tertiary/aromatic N) is 1. The first-order chi connectivity index (χ1) is 9.26. The van der Waals surface area contributed by atoms with Gasteiger partial charge in [0.05, 0.1) is 14.2 Å². The molecule has 104 valence electrons. The number of methoxy groups -OCH3 is 2. The predicted octanol–water partition coefficient (Wildman–Crippen LogP) is 2.83. The Hall–Kier alpha value is -1.22. The van der Waals surface area contributed by atoms with E-state index in [0.717, 1.165) is 17.9 Å². The maximum Gasteiger partial charge on any atom is 0.164 e. The van der Waals surface area contributed by atoms with Crippen LogP contribution in [-0.2, 0) is 6.42 Å². The topological polar surface area (TPSA) is 21.7 Å². The number of likely N-dealkylation sites (N-methyl/N-ethyl adjacent to an activating group) is 1. The second-order valence-corrected chi connectivity index (χ2v) is 5.70. The molecular formula is C16H23NO2. The van der Waals surface area contributed by atoms with Crippen molar-refractivity contribution in [3.8, 4) is 11.5 Å². The SMILES string of the molecule is COc1ccc2c(c1OC)CC[C@H]1[C@@H]2CCCN1C. The Labute approximate surface area is 115 Å². The molecule has 1 aliphatic carbocycles. The molecule has 2 aliphatic rings. The molecule has 1 heterocycles. The minimum absolute atomic E-state index is 0.669. The van der Waals surface area contributed by atoms with Gasteiger partial charge in [-0.2, -0.15) is 0 Å². The Morgan fingerprint density at radius 2 is 2.00 bits per heavy atom. The highest BCUT2D eigenvalue weighted by atomic mass is 16.5. The van der Waals surface area contributed by atoms with Crippen LogP contribution in [0.2, 0.25) is 0 Å². The second-order valence-electron chi connectivity index (χ2n) is 5.70. The van der Waals surface area contributed by atoms with Crippen molar-refractivity contribution >= 4 is 0 Å². The zero-order valence-electron chi connectivity index (χ0n) is 12.1. The summed E-state index contributed by atoms with van der Waals surface area (Å²) in [6.07, 6.45) is 4.93. The molecule has 0 N–H and O–H groups in total. The molecule has 0 amide bonds. The highest BCUT2D eigenvalue weighted by Gasteiger charge is 2.36. The van der Waals surface area contributed by atoms with Gasteiger partial charge in [0.2, 0.25) is 0 Å². The number of likely N-dealkylation sites (tertiary alicyclic amines) is 1. The lowest BCUT2D eigenvalue weighted by Crippen LogP contribution is -2.44. The molecule has 0 radical (unpaired) electrons. The van der Waals surface area contributed by atoms with Gasteiger partial charge in [-0.25, -0.2) is 0 Å². The maximum absolute atomic E-state index is 5.60. The van der Waals surface area contributed by atoms with E-state index in [0.29, 0.717) is 12.0 Å². The van der Waals surface area contributed by atoms with E-state index in [-0.39, 0.29) is 0 Å². The van der Waals surface area contributed by atoms with E-state index in [2.05, 4.69) is 24.1 Å². The van der Waals surface area contributed by atoms with Gasteiger partial charge in [0.1, 0.15) is 0 Å². The van der Waals surface area contributed by atoms with Crippen molar-refractivity contribution in [2.24, 2.45) is 0 Å². The summed E-state index contributed by atoms with van der Waals surface area (Å²) in [7, 11) is 5.73. The van der Waals surface area contributed by atoms with Gasteiger partial charge in [0.25, 0.3) is 0 Å². The zero-order valence-corrected chi connectivity index (χ0v) is 12.1. The molecule has 19 heavy (non-hydrogen) atoms. The van der Waals surface area contributed by atoms with Gasteiger partial charge in [-0.15, -0.1) is 0 Å². The Kier molecular flexibility index (Phi) is 3.40. The smallest absolute Gasteiger partial charge is 0.164 e. The molecular weight excluding hydrogens is 238 g/mol. The first-order valence-electron chi connectivity index (χ1n) is 7.20. The summed E-state index contributed by atoms with van der Waals surface area (Å²) >= 11 is 0. The van der Waals surface area contributed by atoms with Crippen molar-refractivity contribution in [2.75, 3.05) is 27.8 Å². The number of piperidine rings is 1. The van der Waals surface area contributed by atoms with Crippen LogP contribution in [0, 0.1) is 0 Å². The molecule has 1 aromatic rings. The fourth-order valence-corrected chi connectivity index (χ4v) is 3.91. The molecule has 0 saturated carbocycles. The van der Waals surface area contributed by atoms with Gasteiger partial charge < -0.3 is 14.4 Å². The van der Waals surface area contributed by atoms with Crippen LogP contribution >= 0.6 is 0 Å². The first-order valence-corrected chi connectivity index (χ1v) is 7.20. The summed E-state index contributed by atoms with van der Waals surface area (Å²) in [6.45, 7) is 1.24. The van der Waals surface area contributed by atoms with Gasteiger partial charge in [0, 0.05) is 11.6 Å². The average Bonchev–Trinajstić information content (AvgIpc) is 2.45. The van der Waals surface area contributed by atoms with E-state index in [1.54, 1.807) is 14.2 Å². The lowest BCUT2D eigenvalue weighted by atomic mass is 9.74. The number of hydrogen-bond acceptors (Lipinski definition) is 3. The highest BCUT2D eigenvalue weighted by Crippen LogP contribution is 2.45. The highest BCUT2D eigenvalue weighted by molar-refractivity contribution is 5.53. The zero-order chi connectivity index (χ0) is 13.4. The summed E-state index contributed by atoms with van der Waals surface area (Å²) in [4.78, 5) is 2.54. The van der Waals surface area contributed by atoms with E-state index in [1.807, 2.05) is 0 Å². The number of fused-ring (bicyclic) bond motifs is 3. The second kappa shape index (κ2) is 5.04. The summed E-state index contributed by atoms with van der Waals surface area (Å²) in [5.74, 6) is 2.48. The minimum Gasteiger partial charge on any atom is -0.493 e. The van der Waals surface area contributed by atoms with Gasteiger partial charge in [-0.3, -0.25) is 0 Å². The van der Waals surface area contributed by atoms with Crippen LogP contribution in [0.15, 0.2) is 12.1 Å². The van der Waals surface area contributed by atoms with Gasteiger partial charge >= 0.3 is 0 Å². The van der Waals surface area contributed by atoms with Crippen molar-refractivity contribution in [2.45, 2.75) is 37.6 Å². The number of hydrogen-bond donors (Lipinski definition) is 0. The van der Waals surface area contributed by atoms with Crippen molar-refractivity contribution in [3.63, 3.8) is 0 Å². The Bertz CT molecular complexity index is 472. The lowest BCUT2D eigenvalue weighted by molar-refractivity contribution is 0.142. The van der Waals surface area contributed by atoms with Gasteiger partial charge in [0.15, 0.2) is 11.5 Å². The third-order valence-corrected chi connectivity index (χ3v) is 4.83. The van der Waals surface area contributed by atoms with Crippen LogP contribution in [0.1, 0.15) is 36.3 Å². The van der Waals surface area contributed by atoms with E-state index < -0.39 is 0 Å². The van der Waals surface area contributed by atoms with Crippen molar-refractivity contribution < 1.29 is 9.47 Å². The number of benzene rings is 1. The van der Waals surface area contributed by atoms with Crippen LogP contribution in [0.25, 0.3) is 0 Å². The molecule has 0 bridgehead atoms. The molecule has 0 unspecified atom stereocenters. The van der Waals surface area contributed by atoms with Crippen molar-refractivity contribution in [1.82, 2.24) is 4.90 Å². The molecule has 1 saturated heterocycles. The average molecular weight is 261 g/mol. The molecule has 1 aliphatic heterocycles. The molecule has 0 spiro atoms. The Morgan fingerprint density at radius 1 is 1.16 bits per heavy atom. The van der Waals surface area contributed by atoms with Crippen LogP contribution in [0.3, 0.4) is 0 Å². The molecule has 0 aromatic heterocycles. The molecule has 1 aromatic carbocycles. The van der Waals surface area contributed by atoms with Gasteiger partial charge in [-0.1, -0.05) is 6.07 Å². The van der Waals surface area contributed by atoms with E-state index in [1.165, 1.54) is 36.9 Å². The Balaban J connectivity index is 2.04. The molecule has 3 rings (SSSR count). The minimum atomic E-state index is 0.669. The molecule has 3 heteroatoms. The van der Waals surface area contributed by atoms with Crippen LogP contribution < -0.4 is 9.47 Å².